The number of carbonyl (C=O) groups excluding carboxylic acids is 2. The smallest absolute Gasteiger partial charge is 0.248 e. The number of carbonyl (C=O) groups is 2. The SMILES string of the molecule is NC(=O)c1ccc2c(c1)nc(-c1cccnc1)n2C1CCCC(CC(=O)c2ccc(Br)s2)C1. The average molecular weight is 523 g/mol. The maximum absolute atomic E-state index is 12.8. The number of rotatable bonds is 6. The number of fused-ring (bicyclic) bond motifs is 1. The van der Waals surface area contributed by atoms with Crippen molar-refractivity contribution >= 4 is 50.0 Å². The van der Waals surface area contributed by atoms with Gasteiger partial charge in [0.05, 0.1) is 19.7 Å². The van der Waals surface area contributed by atoms with E-state index in [1.165, 1.54) is 11.3 Å². The lowest BCUT2D eigenvalue weighted by molar-refractivity contribution is 0.0944. The zero-order valence-corrected chi connectivity index (χ0v) is 20.3. The highest BCUT2D eigenvalue weighted by Gasteiger charge is 2.29. The third kappa shape index (κ3) is 4.50. The molecule has 5 rings (SSSR count). The van der Waals surface area contributed by atoms with E-state index in [2.05, 4.69) is 25.5 Å². The molecule has 0 saturated heterocycles. The number of nitrogens with two attached hydrogens (primary N) is 1. The van der Waals surface area contributed by atoms with E-state index in [9.17, 15) is 9.59 Å². The monoisotopic (exact) mass is 522 g/mol. The van der Waals surface area contributed by atoms with Crippen molar-refractivity contribution in [1.29, 1.82) is 0 Å². The van der Waals surface area contributed by atoms with Gasteiger partial charge in [0.1, 0.15) is 5.82 Å². The second kappa shape index (κ2) is 9.19. The van der Waals surface area contributed by atoms with Gasteiger partial charge in [0.15, 0.2) is 5.78 Å². The number of halogens is 1. The van der Waals surface area contributed by atoms with Crippen molar-refractivity contribution in [1.82, 2.24) is 14.5 Å². The van der Waals surface area contributed by atoms with Gasteiger partial charge in [-0.25, -0.2) is 4.98 Å². The first-order valence-corrected chi connectivity index (χ1v) is 12.6. The number of primary amides is 1. The first kappa shape index (κ1) is 22.0. The molecule has 1 amide bonds. The lowest BCUT2D eigenvalue weighted by Crippen LogP contribution is -2.22. The Labute approximate surface area is 204 Å². The molecular formula is C25H23BrN4O2S. The van der Waals surface area contributed by atoms with Crippen molar-refractivity contribution in [2.45, 2.75) is 38.1 Å². The van der Waals surface area contributed by atoms with Crippen LogP contribution in [-0.2, 0) is 0 Å². The van der Waals surface area contributed by atoms with Gasteiger partial charge >= 0.3 is 0 Å². The molecule has 4 aromatic rings. The fourth-order valence-corrected chi connectivity index (χ4v) is 6.16. The molecule has 1 aliphatic carbocycles. The van der Waals surface area contributed by atoms with Crippen LogP contribution in [0.1, 0.15) is 58.2 Å². The predicted octanol–water partition coefficient (Wildman–Crippen LogP) is 6.03. The molecule has 3 aromatic heterocycles. The number of imidazole rings is 1. The molecule has 2 unspecified atom stereocenters. The second-order valence-electron chi connectivity index (χ2n) is 8.53. The van der Waals surface area contributed by atoms with Crippen LogP contribution >= 0.6 is 27.3 Å². The zero-order valence-electron chi connectivity index (χ0n) is 17.9. The Bertz CT molecular complexity index is 1330. The second-order valence-corrected chi connectivity index (χ2v) is 11.0. The maximum atomic E-state index is 12.8. The summed E-state index contributed by atoms with van der Waals surface area (Å²) in [6.45, 7) is 0. The van der Waals surface area contributed by atoms with Crippen molar-refractivity contribution in [2.24, 2.45) is 11.7 Å². The summed E-state index contributed by atoms with van der Waals surface area (Å²) < 4.78 is 3.25. The van der Waals surface area contributed by atoms with E-state index < -0.39 is 5.91 Å². The summed E-state index contributed by atoms with van der Waals surface area (Å²) in [6, 6.07) is 13.4. The summed E-state index contributed by atoms with van der Waals surface area (Å²) in [5.41, 5.74) is 8.58. The van der Waals surface area contributed by atoms with Crippen molar-refractivity contribution < 1.29 is 9.59 Å². The summed E-state index contributed by atoms with van der Waals surface area (Å²) in [7, 11) is 0. The van der Waals surface area contributed by atoms with E-state index in [0.717, 1.165) is 56.8 Å². The van der Waals surface area contributed by atoms with Crippen LogP contribution < -0.4 is 5.73 Å². The Hall–Kier alpha value is -2.84. The topological polar surface area (TPSA) is 90.9 Å². The minimum absolute atomic E-state index is 0.213. The molecule has 1 fully saturated rings. The molecule has 33 heavy (non-hydrogen) atoms. The van der Waals surface area contributed by atoms with Crippen molar-refractivity contribution in [3.05, 3.63) is 69.1 Å². The van der Waals surface area contributed by atoms with Crippen LogP contribution in [0, 0.1) is 5.92 Å². The van der Waals surface area contributed by atoms with Gasteiger partial charge in [-0.15, -0.1) is 11.3 Å². The molecular weight excluding hydrogens is 500 g/mol. The molecule has 168 valence electrons. The van der Waals surface area contributed by atoms with E-state index in [-0.39, 0.29) is 11.8 Å². The van der Waals surface area contributed by atoms with Crippen LogP contribution in [0.4, 0.5) is 0 Å². The fourth-order valence-electron chi connectivity index (χ4n) is 4.83. The number of hydrogen-bond donors (Lipinski definition) is 1. The molecule has 1 aliphatic rings. The Kier molecular flexibility index (Phi) is 6.12. The average Bonchev–Trinajstić information content (AvgIpc) is 3.43. The Morgan fingerprint density at radius 3 is 2.79 bits per heavy atom. The maximum Gasteiger partial charge on any atom is 0.248 e. The van der Waals surface area contributed by atoms with Crippen LogP contribution in [0.2, 0.25) is 0 Å². The highest BCUT2D eigenvalue weighted by Crippen LogP contribution is 2.40. The Balaban J connectivity index is 1.49. The van der Waals surface area contributed by atoms with Crippen LogP contribution in [0.5, 0.6) is 0 Å². The summed E-state index contributed by atoms with van der Waals surface area (Å²) in [4.78, 5) is 34.5. The number of amides is 1. The van der Waals surface area contributed by atoms with Crippen molar-refractivity contribution in [3.63, 3.8) is 0 Å². The summed E-state index contributed by atoms with van der Waals surface area (Å²) >= 11 is 4.95. The molecule has 6 nitrogen and oxygen atoms in total. The molecule has 2 N–H and O–H groups in total. The van der Waals surface area contributed by atoms with Crippen molar-refractivity contribution in [2.75, 3.05) is 0 Å². The van der Waals surface area contributed by atoms with Crippen LogP contribution in [0.25, 0.3) is 22.4 Å². The zero-order chi connectivity index (χ0) is 22.9. The first-order valence-electron chi connectivity index (χ1n) is 11.0. The molecule has 0 spiro atoms. The fraction of sp³-hybridized carbons (Fsp3) is 0.280. The predicted molar refractivity (Wildman–Crippen MR) is 133 cm³/mol. The van der Waals surface area contributed by atoms with Crippen LogP contribution in [-0.4, -0.2) is 26.2 Å². The number of Topliss-reactive ketones (excluding diaryl/α,β-unsaturated/α-hetero) is 1. The van der Waals surface area contributed by atoms with Crippen LogP contribution in [0.3, 0.4) is 0 Å². The molecule has 2 atom stereocenters. The molecule has 3 heterocycles. The number of nitrogens with zero attached hydrogens (tertiary/aromatic N) is 3. The summed E-state index contributed by atoms with van der Waals surface area (Å²) in [5, 5.41) is 0. The van der Waals surface area contributed by atoms with Gasteiger partial charge in [0.25, 0.3) is 0 Å². The van der Waals surface area contributed by atoms with Gasteiger partial charge in [-0.3, -0.25) is 14.6 Å². The molecule has 8 heteroatoms. The van der Waals surface area contributed by atoms with E-state index >= 15 is 0 Å². The van der Waals surface area contributed by atoms with E-state index in [1.807, 2.05) is 36.5 Å². The molecule has 1 saturated carbocycles. The van der Waals surface area contributed by atoms with Gasteiger partial charge < -0.3 is 10.3 Å². The highest BCUT2D eigenvalue weighted by atomic mass is 79.9. The molecule has 0 aliphatic heterocycles. The summed E-state index contributed by atoms with van der Waals surface area (Å²) in [5.74, 6) is 0.899. The number of hydrogen-bond acceptors (Lipinski definition) is 5. The van der Waals surface area contributed by atoms with E-state index in [1.54, 1.807) is 18.3 Å². The minimum Gasteiger partial charge on any atom is -0.366 e. The number of ketones is 1. The molecule has 0 radical (unpaired) electrons. The van der Waals surface area contributed by atoms with Gasteiger partial charge in [-0.1, -0.05) is 6.42 Å². The quantitative estimate of drug-likeness (QED) is 0.313. The lowest BCUT2D eigenvalue weighted by atomic mass is 9.82. The summed E-state index contributed by atoms with van der Waals surface area (Å²) in [6.07, 6.45) is 8.15. The van der Waals surface area contributed by atoms with Gasteiger partial charge in [0, 0.05) is 36.0 Å². The number of aromatic nitrogens is 3. The lowest BCUT2D eigenvalue weighted by Gasteiger charge is -2.31. The van der Waals surface area contributed by atoms with Crippen LogP contribution in [0.15, 0.2) is 58.6 Å². The minimum atomic E-state index is -0.467. The third-order valence-electron chi connectivity index (χ3n) is 6.34. The molecule has 0 bridgehead atoms. The van der Waals surface area contributed by atoms with E-state index in [4.69, 9.17) is 10.7 Å². The van der Waals surface area contributed by atoms with E-state index in [0.29, 0.717) is 17.9 Å². The first-order chi connectivity index (χ1) is 16.0. The van der Waals surface area contributed by atoms with Gasteiger partial charge in [-0.05, 0) is 83.6 Å². The molecule has 1 aromatic carbocycles. The van der Waals surface area contributed by atoms with Gasteiger partial charge in [0.2, 0.25) is 5.91 Å². The third-order valence-corrected chi connectivity index (χ3v) is 8.00. The normalized spacial score (nSPS) is 18.5. The van der Waals surface area contributed by atoms with Crippen molar-refractivity contribution in [3.8, 4) is 11.4 Å². The number of benzene rings is 1. The standard InChI is InChI=1S/C25H23BrN4O2S/c26-23-9-8-22(33-23)21(31)12-15-3-1-5-18(11-15)30-20-7-6-16(24(27)32)13-19(20)29-25(30)17-4-2-10-28-14-17/h2,4,6-10,13-15,18H,1,3,5,11-12H2,(H2,27,32). The highest BCUT2D eigenvalue weighted by molar-refractivity contribution is 9.11. The number of thiophene rings is 1. The number of pyridine rings is 1. The Morgan fingerprint density at radius 1 is 1.18 bits per heavy atom. The van der Waals surface area contributed by atoms with Gasteiger partial charge in [-0.2, -0.15) is 0 Å². The Morgan fingerprint density at radius 2 is 2.06 bits per heavy atom. The largest absolute Gasteiger partial charge is 0.366 e.